The number of alkyl halides is 1. The van der Waals surface area contributed by atoms with E-state index in [1.165, 1.54) is 25.7 Å². The lowest BCUT2D eigenvalue weighted by Crippen LogP contribution is -2.37. The van der Waals surface area contributed by atoms with Crippen LogP contribution in [0.3, 0.4) is 0 Å². The Morgan fingerprint density at radius 1 is 1.22 bits per heavy atom. The van der Waals surface area contributed by atoms with Gasteiger partial charge in [-0.1, -0.05) is 59.1 Å². The minimum Gasteiger partial charge on any atom is -0.355 e. The van der Waals surface area contributed by atoms with Crippen molar-refractivity contribution in [2.75, 3.05) is 11.9 Å². The van der Waals surface area contributed by atoms with Gasteiger partial charge in [-0.15, -0.1) is 0 Å². The number of rotatable bonds is 5. The number of halogens is 1. The SMILES string of the molecule is O=C(Cc1ccccc1)NCC1(CBr)CCCC1. The maximum Gasteiger partial charge on any atom is 0.224 e. The molecule has 1 saturated carbocycles. The summed E-state index contributed by atoms with van der Waals surface area (Å²) in [6.45, 7) is 0.809. The molecule has 0 aromatic heterocycles. The molecule has 0 heterocycles. The molecule has 0 aliphatic heterocycles. The van der Waals surface area contributed by atoms with Crippen molar-refractivity contribution >= 4 is 21.8 Å². The summed E-state index contributed by atoms with van der Waals surface area (Å²) in [7, 11) is 0. The van der Waals surface area contributed by atoms with E-state index < -0.39 is 0 Å². The molecule has 1 N–H and O–H groups in total. The first-order valence-electron chi connectivity index (χ1n) is 6.61. The van der Waals surface area contributed by atoms with E-state index in [9.17, 15) is 4.79 Å². The van der Waals surface area contributed by atoms with Crippen molar-refractivity contribution in [2.45, 2.75) is 32.1 Å². The fraction of sp³-hybridized carbons (Fsp3) is 0.533. The summed E-state index contributed by atoms with van der Waals surface area (Å²) in [5.41, 5.74) is 1.38. The van der Waals surface area contributed by atoms with Crippen LogP contribution < -0.4 is 5.32 Å². The van der Waals surface area contributed by atoms with Gasteiger partial charge in [0.2, 0.25) is 5.91 Å². The van der Waals surface area contributed by atoms with Gasteiger partial charge in [0.15, 0.2) is 0 Å². The molecule has 3 heteroatoms. The van der Waals surface area contributed by atoms with Gasteiger partial charge < -0.3 is 5.32 Å². The maximum atomic E-state index is 11.9. The monoisotopic (exact) mass is 309 g/mol. The second-order valence-electron chi connectivity index (χ2n) is 5.28. The van der Waals surface area contributed by atoms with Gasteiger partial charge in [0, 0.05) is 11.9 Å². The van der Waals surface area contributed by atoms with Crippen molar-refractivity contribution in [1.29, 1.82) is 0 Å². The average molecular weight is 310 g/mol. The Morgan fingerprint density at radius 2 is 1.89 bits per heavy atom. The molecule has 2 rings (SSSR count). The van der Waals surface area contributed by atoms with Crippen LogP contribution in [0.25, 0.3) is 0 Å². The second kappa shape index (κ2) is 6.37. The van der Waals surface area contributed by atoms with E-state index >= 15 is 0 Å². The standard InChI is InChI=1S/C15H20BrNO/c16-11-15(8-4-5-9-15)12-17-14(18)10-13-6-2-1-3-7-13/h1-3,6-7H,4-5,8-12H2,(H,17,18). The Kier molecular flexibility index (Phi) is 4.81. The first-order valence-corrected chi connectivity index (χ1v) is 7.73. The van der Waals surface area contributed by atoms with E-state index in [2.05, 4.69) is 21.2 Å². The number of hydrogen-bond acceptors (Lipinski definition) is 1. The van der Waals surface area contributed by atoms with Crippen LogP contribution in [-0.4, -0.2) is 17.8 Å². The highest BCUT2D eigenvalue weighted by molar-refractivity contribution is 9.09. The van der Waals surface area contributed by atoms with Crippen molar-refractivity contribution < 1.29 is 4.79 Å². The van der Waals surface area contributed by atoms with Gasteiger partial charge in [0.25, 0.3) is 0 Å². The van der Waals surface area contributed by atoms with Gasteiger partial charge in [-0.05, 0) is 23.8 Å². The zero-order valence-corrected chi connectivity index (χ0v) is 12.2. The summed E-state index contributed by atoms with van der Waals surface area (Å²) in [5.74, 6) is 0.133. The summed E-state index contributed by atoms with van der Waals surface area (Å²) in [6.07, 6.45) is 5.52. The Morgan fingerprint density at radius 3 is 2.50 bits per heavy atom. The van der Waals surface area contributed by atoms with Crippen LogP contribution >= 0.6 is 15.9 Å². The lowest BCUT2D eigenvalue weighted by molar-refractivity contribution is -0.120. The van der Waals surface area contributed by atoms with Crippen LogP contribution in [0.1, 0.15) is 31.2 Å². The van der Waals surface area contributed by atoms with Gasteiger partial charge in [-0.25, -0.2) is 0 Å². The van der Waals surface area contributed by atoms with Crippen LogP contribution in [0.5, 0.6) is 0 Å². The van der Waals surface area contributed by atoms with E-state index in [0.29, 0.717) is 11.8 Å². The lowest BCUT2D eigenvalue weighted by atomic mass is 9.89. The van der Waals surface area contributed by atoms with E-state index in [4.69, 9.17) is 0 Å². The third-order valence-electron chi connectivity index (χ3n) is 3.82. The highest BCUT2D eigenvalue weighted by Gasteiger charge is 2.32. The van der Waals surface area contributed by atoms with Crippen LogP contribution in [0.2, 0.25) is 0 Å². The third kappa shape index (κ3) is 3.58. The van der Waals surface area contributed by atoms with Crippen molar-refractivity contribution in [1.82, 2.24) is 5.32 Å². The van der Waals surface area contributed by atoms with E-state index in [1.807, 2.05) is 30.3 Å². The molecule has 1 aliphatic rings. The molecular weight excluding hydrogens is 290 g/mol. The number of hydrogen-bond donors (Lipinski definition) is 1. The van der Waals surface area contributed by atoms with Gasteiger partial charge in [-0.3, -0.25) is 4.79 Å². The molecule has 0 radical (unpaired) electrons. The second-order valence-corrected chi connectivity index (χ2v) is 5.84. The average Bonchev–Trinajstić information content (AvgIpc) is 2.87. The van der Waals surface area contributed by atoms with Crippen molar-refractivity contribution in [3.05, 3.63) is 35.9 Å². The Bertz CT molecular complexity index is 385. The molecular formula is C15H20BrNO. The lowest BCUT2D eigenvalue weighted by Gasteiger charge is -2.26. The maximum absolute atomic E-state index is 11.9. The number of benzene rings is 1. The zero-order valence-electron chi connectivity index (χ0n) is 10.6. The van der Waals surface area contributed by atoms with Crippen molar-refractivity contribution in [3.8, 4) is 0 Å². The van der Waals surface area contributed by atoms with Crippen molar-refractivity contribution in [2.24, 2.45) is 5.41 Å². The topological polar surface area (TPSA) is 29.1 Å². The third-order valence-corrected chi connectivity index (χ3v) is 5.01. The molecule has 1 aliphatic carbocycles. The molecule has 98 valence electrons. The summed E-state index contributed by atoms with van der Waals surface area (Å²) >= 11 is 3.60. The molecule has 1 amide bonds. The molecule has 1 aromatic rings. The predicted octanol–water partition coefficient (Wildman–Crippen LogP) is 3.30. The normalized spacial score (nSPS) is 17.6. The number of carbonyl (C=O) groups excluding carboxylic acids is 1. The number of carbonyl (C=O) groups is 1. The van der Waals surface area contributed by atoms with Crippen molar-refractivity contribution in [3.63, 3.8) is 0 Å². The molecule has 0 bridgehead atoms. The smallest absolute Gasteiger partial charge is 0.224 e. The Hall–Kier alpha value is -0.830. The van der Waals surface area contributed by atoms with Crippen LogP contribution in [-0.2, 0) is 11.2 Å². The van der Waals surface area contributed by atoms with E-state index in [0.717, 1.165) is 17.4 Å². The zero-order chi connectivity index (χ0) is 12.8. The molecule has 0 atom stereocenters. The van der Waals surface area contributed by atoms with E-state index in [1.54, 1.807) is 0 Å². The van der Waals surface area contributed by atoms with Gasteiger partial charge in [-0.2, -0.15) is 0 Å². The van der Waals surface area contributed by atoms with Gasteiger partial charge >= 0.3 is 0 Å². The number of nitrogens with one attached hydrogen (secondary N) is 1. The summed E-state index contributed by atoms with van der Waals surface area (Å²) in [6, 6.07) is 9.91. The Balaban J connectivity index is 1.81. The highest BCUT2D eigenvalue weighted by atomic mass is 79.9. The fourth-order valence-electron chi connectivity index (χ4n) is 2.61. The Labute approximate surface area is 117 Å². The molecule has 0 saturated heterocycles. The first kappa shape index (κ1) is 13.6. The largest absolute Gasteiger partial charge is 0.355 e. The summed E-state index contributed by atoms with van der Waals surface area (Å²) in [5, 5.41) is 4.09. The predicted molar refractivity (Wildman–Crippen MR) is 77.9 cm³/mol. The minimum absolute atomic E-state index is 0.133. The first-order chi connectivity index (χ1) is 8.74. The quantitative estimate of drug-likeness (QED) is 0.831. The minimum atomic E-state index is 0.133. The van der Waals surface area contributed by atoms with Crippen LogP contribution in [0.15, 0.2) is 30.3 Å². The summed E-state index contributed by atoms with van der Waals surface area (Å²) < 4.78 is 0. The molecule has 1 fully saturated rings. The molecule has 2 nitrogen and oxygen atoms in total. The number of amides is 1. The van der Waals surface area contributed by atoms with Crippen LogP contribution in [0, 0.1) is 5.41 Å². The van der Waals surface area contributed by atoms with E-state index in [-0.39, 0.29) is 5.91 Å². The molecule has 18 heavy (non-hydrogen) atoms. The highest BCUT2D eigenvalue weighted by Crippen LogP contribution is 2.38. The summed E-state index contributed by atoms with van der Waals surface area (Å²) in [4.78, 5) is 11.9. The van der Waals surface area contributed by atoms with Gasteiger partial charge in [0.05, 0.1) is 6.42 Å². The molecule has 1 aromatic carbocycles. The molecule has 0 unspecified atom stereocenters. The molecule has 0 spiro atoms. The fourth-order valence-corrected chi connectivity index (χ4v) is 3.37. The van der Waals surface area contributed by atoms with Crippen LogP contribution in [0.4, 0.5) is 0 Å². The van der Waals surface area contributed by atoms with Gasteiger partial charge in [0.1, 0.15) is 0 Å².